The molecule has 1 atom stereocenters. The maximum absolute atomic E-state index is 10.5. The molecule has 0 amide bonds. The molecular formula is C11H13NO. The van der Waals surface area contributed by atoms with Crippen molar-refractivity contribution in [2.75, 3.05) is 6.54 Å². The van der Waals surface area contributed by atoms with Crippen LogP contribution < -0.4 is 0 Å². The molecule has 0 unspecified atom stereocenters. The Balaban J connectivity index is 1.95. The number of hydrogen-bond acceptors (Lipinski definition) is 2. The van der Waals surface area contributed by atoms with Crippen molar-refractivity contribution in [2.45, 2.75) is 19.0 Å². The average Bonchev–Trinajstić information content (AvgIpc) is 2.15. The Morgan fingerprint density at radius 3 is 2.69 bits per heavy atom. The topological polar surface area (TPSA) is 20.3 Å². The lowest BCUT2D eigenvalue weighted by atomic mass is 10.0. The average molecular weight is 175 g/mol. The smallest absolute Gasteiger partial charge is 0.137 e. The Labute approximate surface area is 78.2 Å². The Hall–Kier alpha value is -1.15. The third-order valence-electron chi connectivity index (χ3n) is 2.57. The highest BCUT2D eigenvalue weighted by molar-refractivity contribution is 5.59. The van der Waals surface area contributed by atoms with Gasteiger partial charge in [0.2, 0.25) is 0 Å². The molecule has 0 spiro atoms. The fourth-order valence-electron chi connectivity index (χ4n) is 1.63. The Bertz CT molecular complexity index is 283. The first-order valence-corrected chi connectivity index (χ1v) is 4.63. The molecule has 13 heavy (non-hydrogen) atoms. The zero-order valence-electron chi connectivity index (χ0n) is 7.52. The number of likely N-dealkylation sites (tertiary alicyclic amines) is 1. The first-order valence-electron chi connectivity index (χ1n) is 4.63. The predicted molar refractivity (Wildman–Crippen MR) is 51.3 cm³/mol. The highest BCUT2D eigenvalue weighted by atomic mass is 16.1. The molecule has 1 aliphatic heterocycles. The van der Waals surface area contributed by atoms with Crippen molar-refractivity contribution in [3.8, 4) is 0 Å². The van der Waals surface area contributed by atoms with Gasteiger partial charge in [0, 0.05) is 13.1 Å². The number of benzene rings is 1. The van der Waals surface area contributed by atoms with Crippen molar-refractivity contribution in [3.05, 3.63) is 35.9 Å². The van der Waals surface area contributed by atoms with Gasteiger partial charge < -0.3 is 4.79 Å². The van der Waals surface area contributed by atoms with Crippen molar-refractivity contribution < 1.29 is 4.79 Å². The standard InChI is InChI=1S/C11H13NO/c13-9-11-6-7-12(11)8-10-4-2-1-3-5-10/h1-5,9,11H,6-8H2/t11-/m1/s1. The van der Waals surface area contributed by atoms with E-state index in [1.165, 1.54) is 5.56 Å². The third-order valence-corrected chi connectivity index (χ3v) is 2.57. The lowest BCUT2D eigenvalue weighted by Crippen LogP contribution is -2.47. The molecule has 0 aromatic heterocycles. The van der Waals surface area contributed by atoms with Gasteiger partial charge in [-0.05, 0) is 12.0 Å². The summed E-state index contributed by atoms with van der Waals surface area (Å²) in [6.07, 6.45) is 2.07. The van der Waals surface area contributed by atoms with E-state index in [0.717, 1.165) is 25.8 Å². The normalized spacial score (nSPS) is 22.3. The summed E-state index contributed by atoms with van der Waals surface area (Å²) in [6, 6.07) is 10.4. The van der Waals surface area contributed by atoms with E-state index in [4.69, 9.17) is 0 Å². The van der Waals surface area contributed by atoms with Crippen LogP contribution >= 0.6 is 0 Å². The number of hydrogen-bond donors (Lipinski definition) is 0. The summed E-state index contributed by atoms with van der Waals surface area (Å²) in [5.74, 6) is 0. The molecule has 1 aromatic rings. The van der Waals surface area contributed by atoms with E-state index in [9.17, 15) is 4.79 Å². The maximum Gasteiger partial charge on any atom is 0.137 e. The van der Waals surface area contributed by atoms with Gasteiger partial charge in [-0.3, -0.25) is 4.90 Å². The zero-order chi connectivity index (χ0) is 9.10. The van der Waals surface area contributed by atoms with Gasteiger partial charge in [0.1, 0.15) is 6.29 Å². The lowest BCUT2D eigenvalue weighted by Gasteiger charge is -2.37. The van der Waals surface area contributed by atoms with E-state index in [1.807, 2.05) is 18.2 Å². The number of carbonyl (C=O) groups excluding carboxylic acids is 1. The van der Waals surface area contributed by atoms with Gasteiger partial charge in [0.05, 0.1) is 6.04 Å². The summed E-state index contributed by atoms with van der Waals surface area (Å²) in [5, 5.41) is 0. The van der Waals surface area contributed by atoms with Crippen LogP contribution in [0.2, 0.25) is 0 Å². The van der Waals surface area contributed by atoms with Crippen molar-refractivity contribution in [3.63, 3.8) is 0 Å². The zero-order valence-corrected chi connectivity index (χ0v) is 7.52. The SMILES string of the molecule is O=C[C@H]1CCN1Cc1ccccc1. The minimum absolute atomic E-state index is 0.167. The van der Waals surface area contributed by atoms with Gasteiger partial charge in [-0.25, -0.2) is 0 Å². The van der Waals surface area contributed by atoms with Crippen LogP contribution in [0, 0.1) is 0 Å². The second-order valence-corrected chi connectivity index (χ2v) is 3.45. The Kier molecular flexibility index (Phi) is 2.41. The van der Waals surface area contributed by atoms with Crippen molar-refractivity contribution in [1.29, 1.82) is 0 Å². The van der Waals surface area contributed by atoms with E-state index in [0.29, 0.717) is 0 Å². The Morgan fingerprint density at radius 1 is 1.38 bits per heavy atom. The Morgan fingerprint density at radius 2 is 2.15 bits per heavy atom. The van der Waals surface area contributed by atoms with Crippen molar-refractivity contribution in [2.24, 2.45) is 0 Å². The fraction of sp³-hybridized carbons (Fsp3) is 0.364. The van der Waals surface area contributed by atoms with Gasteiger partial charge in [0.15, 0.2) is 0 Å². The van der Waals surface area contributed by atoms with E-state index in [-0.39, 0.29) is 6.04 Å². The molecular weight excluding hydrogens is 162 g/mol. The highest BCUT2D eigenvalue weighted by Gasteiger charge is 2.26. The van der Waals surface area contributed by atoms with Crippen LogP contribution in [0.25, 0.3) is 0 Å². The molecule has 1 aromatic carbocycles. The number of rotatable bonds is 3. The predicted octanol–water partition coefficient (Wildman–Crippen LogP) is 1.46. The summed E-state index contributed by atoms with van der Waals surface area (Å²) < 4.78 is 0. The molecule has 2 rings (SSSR count). The largest absolute Gasteiger partial charge is 0.302 e. The quantitative estimate of drug-likeness (QED) is 0.648. The van der Waals surface area contributed by atoms with E-state index < -0.39 is 0 Å². The second-order valence-electron chi connectivity index (χ2n) is 3.45. The van der Waals surface area contributed by atoms with Crippen LogP contribution in [0.3, 0.4) is 0 Å². The molecule has 0 saturated carbocycles. The minimum Gasteiger partial charge on any atom is -0.302 e. The molecule has 2 nitrogen and oxygen atoms in total. The first-order chi connectivity index (χ1) is 6.40. The molecule has 1 saturated heterocycles. The molecule has 1 aliphatic rings. The summed E-state index contributed by atoms with van der Waals surface area (Å²) >= 11 is 0. The molecule has 68 valence electrons. The van der Waals surface area contributed by atoms with Crippen LogP contribution in [0.4, 0.5) is 0 Å². The van der Waals surface area contributed by atoms with Gasteiger partial charge in [-0.1, -0.05) is 30.3 Å². The van der Waals surface area contributed by atoms with Gasteiger partial charge in [-0.2, -0.15) is 0 Å². The molecule has 1 heterocycles. The van der Waals surface area contributed by atoms with Crippen LogP contribution in [0.5, 0.6) is 0 Å². The van der Waals surface area contributed by atoms with Gasteiger partial charge in [0.25, 0.3) is 0 Å². The summed E-state index contributed by atoms with van der Waals surface area (Å²) in [4.78, 5) is 12.7. The molecule has 0 N–H and O–H groups in total. The molecule has 1 fully saturated rings. The number of carbonyl (C=O) groups is 1. The molecule has 0 radical (unpaired) electrons. The number of nitrogens with zero attached hydrogens (tertiary/aromatic N) is 1. The molecule has 2 heteroatoms. The fourth-order valence-corrected chi connectivity index (χ4v) is 1.63. The van der Waals surface area contributed by atoms with Crippen LogP contribution in [0.15, 0.2) is 30.3 Å². The third kappa shape index (κ3) is 1.78. The first kappa shape index (κ1) is 8.45. The van der Waals surface area contributed by atoms with Gasteiger partial charge >= 0.3 is 0 Å². The highest BCUT2D eigenvalue weighted by Crippen LogP contribution is 2.18. The van der Waals surface area contributed by atoms with Gasteiger partial charge in [-0.15, -0.1) is 0 Å². The molecule has 0 aliphatic carbocycles. The van der Waals surface area contributed by atoms with E-state index in [2.05, 4.69) is 17.0 Å². The van der Waals surface area contributed by atoms with E-state index in [1.54, 1.807) is 0 Å². The summed E-state index contributed by atoms with van der Waals surface area (Å²) in [5.41, 5.74) is 1.29. The molecule has 0 bridgehead atoms. The minimum atomic E-state index is 0.167. The number of aldehydes is 1. The van der Waals surface area contributed by atoms with E-state index >= 15 is 0 Å². The van der Waals surface area contributed by atoms with Crippen LogP contribution in [0.1, 0.15) is 12.0 Å². The second kappa shape index (κ2) is 3.71. The van der Waals surface area contributed by atoms with Crippen molar-refractivity contribution in [1.82, 2.24) is 4.90 Å². The summed E-state index contributed by atoms with van der Waals surface area (Å²) in [6.45, 7) is 1.96. The maximum atomic E-state index is 10.5. The van der Waals surface area contributed by atoms with Crippen LogP contribution in [-0.2, 0) is 11.3 Å². The monoisotopic (exact) mass is 175 g/mol. The van der Waals surface area contributed by atoms with Crippen molar-refractivity contribution >= 4 is 6.29 Å². The lowest BCUT2D eigenvalue weighted by molar-refractivity contribution is -0.116. The van der Waals surface area contributed by atoms with Crippen LogP contribution in [-0.4, -0.2) is 23.8 Å². The summed E-state index contributed by atoms with van der Waals surface area (Å²) in [7, 11) is 0.